The van der Waals surface area contributed by atoms with Crippen LogP contribution in [0.15, 0.2) is 140 Å². The van der Waals surface area contributed by atoms with Gasteiger partial charge >= 0.3 is 0 Å². The van der Waals surface area contributed by atoms with Gasteiger partial charge in [0.1, 0.15) is 0 Å². The second kappa shape index (κ2) is 9.00. The van der Waals surface area contributed by atoms with Gasteiger partial charge in [0.15, 0.2) is 0 Å². The van der Waals surface area contributed by atoms with Crippen molar-refractivity contribution in [2.24, 2.45) is 0 Å². The molecular weight excluding hydrogens is 484 g/mol. The van der Waals surface area contributed by atoms with E-state index < -0.39 is 0 Å². The van der Waals surface area contributed by atoms with Crippen LogP contribution in [-0.2, 0) is 6.54 Å². The number of rotatable bonds is 4. The molecule has 190 valence electrons. The largest absolute Gasteiger partial charge is 0.341 e. The van der Waals surface area contributed by atoms with Crippen molar-refractivity contribution in [3.05, 3.63) is 140 Å². The van der Waals surface area contributed by atoms with E-state index in [1.807, 2.05) is 0 Å². The normalized spacial score (nSPS) is 11.7. The molecule has 0 amide bonds. The summed E-state index contributed by atoms with van der Waals surface area (Å²) in [5.41, 5.74) is 11.2. The summed E-state index contributed by atoms with van der Waals surface area (Å²) in [6, 6.07) is 50.8. The van der Waals surface area contributed by atoms with Gasteiger partial charge < -0.3 is 9.13 Å². The van der Waals surface area contributed by atoms with Crippen molar-refractivity contribution in [3.8, 4) is 27.9 Å². The molecule has 0 aliphatic heterocycles. The molecule has 0 saturated carbocycles. The van der Waals surface area contributed by atoms with Gasteiger partial charge in [-0.15, -0.1) is 0 Å². The number of fused-ring (bicyclic) bond motifs is 6. The molecule has 0 saturated heterocycles. The van der Waals surface area contributed by atoms with Crippen LogP contribution >= 0.6 is 0 Å². The molecular formula is C38H28N2. The van der Waals surface area contributed by atoms with Crippen molar-refractivity contribution in [1.29, 1.82) is 0 Å². The Bertz CT molecular complexity index is 2190. The van der Waals surface area contributed by atoms with Crippen LogP contribution in [-0.4, -0.2) is 9.13 Å². The molecule has 0 atom stereocenters. The van der Waals surface area contributed by atoms with Gasteiger partial charge in [-0.05, 0) is 66.1 Å². The van der Waals surface area contributed by atoms with Gasteiger partial charge in [-0.3, -0.25) is 0 Å². The molecule has 2 heterocycles. The number of aromatic nitrogens is 2. The molecule has 2 aromatic heterocycles. The third-order valence-corrected chi connectivity index (χ3v) is 8.32. The van der Waals surface area contributed by atoms with Crippen molar-refractivity contribution in [1.82, 2.24) is 9.13 Å². The number of aryl methyl sites for hydroxylation is 1. The number of nitrogens with zero attached hydrogens (tertiary/aromatic N) is 2. The zero-order valence-corrected chi connectivity index (χ0v) is 22.4. The van der Waals surface area contributed by atoms with Gasteiger partial charge in [-0.1, -0.05) is 97.1 Å². The molecule has 0 aliphatic rings. The SMILES string of the molecule is CCn1c2ccccc2c2cc(-c3ccc4c(c3)c3ccccc3n4-c3ccccc3-c3ccccc3)ccc21. The summed E-state index contributed by atoms with van der Waals surface area (Å²) < 4.78 is 4.84. The predicted octanol–water partition coefficient (Wildman–Crippen LogP) is 10.2. The molecule has 6 aromatic carbocycles. The summed E-state index contributed by atoms with van der Waals surface area (Å²) in [7, 11) is 0. The Kier molecular flexibility index (Phi) is 5.14. The van der Waals surface area contributed by atoms with E-state index in [1.54, 1.807) is 0 Å². The highest BCUT2D eigenvalue weighted by Crippen LogP contribution is 2.39. The fraction of sp³-hybridized carbons (Fsp3) is 0.0526. The zero-order valence-electron chi connectivity index (χ0n) is 22.4. The van der Waals surface area contributed by atoms with Gasteiger partial charge in [0.05, 0.1) is 16.7 Å². The molecule has 0 N–H and O–H groups in total. The maximum absolute atomic E-state index is 2.43. The van der Waals surface area contributed by atoms with Crippen molar-refractivity contribution in [2.75, 3.05) is 0 Å². The molecule has 0 radical (unpaired) electrons. The fourth-order valence-corrected chi connectivity index (χ4v) is 6.52. The lowest BCUT2D eigenvalue weighted by Crippen LogP contribution is -1.97. The lowest BCUT2D eigenvalue weighted by molar-refractivity contribution is 0.827. The lowest BCUT2D eigenvalue weighted by Gasteiger charge is -2.14. The standard InChI is InChI=1S/C38H28N2/c1-2-39-34-17-9-7-15-30(34)32-24-27(20-22-35(32)39)28-21-23-38-33(25-28)31-16-8-11-19-37(31)40(38)36-18-10-6-14-29(36)26-12-4-3-5-13-26/h3-25H,2H2,1H3. The first-order valence-electron chi connectivity index (χ1n) is 14.0. The third-order valence-electron chi connectivity index (χ3n) is 8.32. The Morgan fingerprint density at radius 2 is 0.950 bits per heavy atom. The maximum atomic E-state index is 2.43. The summed E-state index contributed by atoms with van der Waals surface area (Å²) in [6.45, 7) is 3.18. The van der Waals surface area contributed by atoms with E-state index in [2.05, 4.69) is 156 Å². The monoisotopic (exact) mass is 512 g/mol. The van der Waals surface area contributed by atoms with E-state index in [4.69, 9.17) is 0 Å². The minimum absolute atomic E-state index is 0.958. The van der Waals surface area contributed by atoms with Gasteiger partial charge in [0.25, 0.3) is 0 Å². The lowest BCUT2D eigenvalue weighted by atomic mass is 10.0. The number of hydrogen-bond acceptors (Lipinski definition) is 0. The number of para-hydroxylation sites is 3. The second-order valence-electron chi connectivity index (χ2n) is 10.5. The minimum Gasteiger partial charge on any atom is -0.341 e. The molecule has 0 aliphatic carbocycles. The average molecular weight is 513 g/mol. The molecule has 40 heavy (non-hydrogen) atoms. The first-order chi connectivity index (χ1) is 19.8. The summed E-state index contributed by atoms with van der Waals surface area (Å²) in [5.74, 6) is 0. The average Bonchev–Trinajstić information content (AvgIpc) is 3.53. The fourth-order valence-electron chi connectivity index (χ4n) is 6.52. The summed E-state index contributed by atoms with van der Waals surface area (Å²) >= 11 is 0. The Morgan fingerprint density at radius 1 is 0.425 bits per heavy atom. The van der Waals surface area contributed by atoms with E-state index in [0.717, 1.165) is 6.54 Å². The highest BCUT2D eigenvalue weighted by atomic mass is 15.0. The minimum atomic E-state index is 0.958. The van der Waals surface area contributed by atoms with Crippen molar-refractivity contribution >= 4 is 43.6 Å². The van der Waals surface area contributed by atoms with E-state index in [0.29, 0.717) is 0 Å². The molecule has 0 spiro atoms. The quantitative estimate of drug-likeness (QED) is 0.222. The molecule has 0 bridgehead atoms. The Balaban J connectivity index is 1.36. The van der Waals surface area contributed by atoms with Gasteiger partial charge in [-0.2, -0.15) is 0 Å². The molecule has 8 rings (SSSR count). The highest BCUT2D eigenvalue weighted by Gasteiger charge is 2.16. The van der Waals surface area contributed by atoms with Crippen molar-refractivity contribution < 1.29 is 0 Å². The van der Waals surface area contributed by atoms with Crippen LogP contribution < -0.4 is 0 Å². The van der Waals surface area contributed by atoms with Crippen LogP contribution in [0.25, 0.3) is 71.6 Å². The molecule has 0 unspecified atom stereocenters. The van der Waals surface area contributed by atoms with Gasteiger partial charge in [0.2, 0.25) is 0 Å². The van der Waals surface area contributed by atoms with Gasteiger partial charge in [0, 0.05) is 44.7 Å². The van der Waals surface area contributed by atoms with E-state index >= 15 is 0 Å². The molecule has 0 fully saturated rings. The molecule has 8 aromatic rings. The first kappa shape index (κ1) is 22.9. The Morgan fingerprint density at radius 3 is 1.70 bits per heavy atom. The van der Waals surface area contributed by atoms with Crippen LogP contribution in [0.1, 0.15) is 6.92 Å². The Labute approximate surface area is 233 Å². The second-order valence-corrected chi connectivity index (χ2v) is 10.5. The molecule has 2 heteroatoms. The number of hydrogen-bond donors (Lipinski definition) is 0. The van der Waals surface area contributed by atoms with Crippen LogP contribution in [0.3, 0.4) is 0 Å². The maximum Gasteiger partial charge on any atom is 0.0541 e. The highest BCUT2D eigenvalue weighted by molar-refractivity contribution is 6.12. The summed E-state index contributed by atoms with van der Waals surface area (Å²) in [4.78, 5) is 0. The summed E-state index contributed by atoms with van der Waals surface area (Å²) in [6.07, 6.45) is 0. The first-order valence-corrected chi connectivity index (χ1v) is 14.0. The topological polar surface area (TPSA) is 9.86 Å². The van der Waals surface area contributed by atoms with Crippen LogP contribution in [0.2, 0.25) is 0 Å². The van der Waals surface area contributed by atoms with E-state index in [-0.39, 0.29) is 0 Å². The number of benzene rings is 6. The molecule has 2 nitrogen and oxygen atoms in total. The van der Waals surface area contributed by atoms with Crippen LogP contribution in [0.5, 0.6) is 0 Å². The zero-order chi connectivity index (χ0) is 26.6. The van der Waals surface area contributed by atoms with Crippen molar-refractivity contribution in [3.63, 3.8) is 0 Å². The smallest absolute Gasteiger partial charge is 0.0541 e. The van der Waals surface area contributed by atoms with Gasteiger partial charge in [-0.25, -0.2) is 0 Å². The third kappa shape index (κ3) is 3.36. The van der Waals surface area contributed by atoms with Crippen LogP contribution in [0, 0.1) is 0 Å². The predicted molar refractivity (Wildman–Crippen MR) is 170 cm³/mol. The Hall–Kier alpha value is -5.08. The van der Waals surface area contributed by atoms with E-state index in [1.165, 1.54) is 71.6 Å². The summed E-state index contributed by atoms with van der Waals surface area (Å²) in [5, 5.41) is 5.17. The van der Waals surface area contributed by atoms with E-state index in [9.17, 15) is 0 Å². The van der Waals surface area contributed by atoms with Crippen LogP contribution in [0.4, 0.5) is 0 Å². The van der Waals surface area contributed by atoms with Crippen molar-refractivity contribution in [2.45, 2.75) is 13.5 Å².